The van der Waals surface area contributed by atoms with Gasteiger partial charge in [-0.1, -0.05) is 32.8 Å². The van der Waals surface area contributed by atoms with Crippen LogP contribution in [0.4, 0.5) is 5.69 Å². The van der Waals surface area contributed by atoms with Crippen molar-refractivity contribution in [1.29, 1.82) is 0 Å². The average Bonchev–Trinajstić information content (AvgIpc) is 2.79. The maximum absolute atomic E-state index is 12.7. The maximum Gasteiger partial charge on any atom is 0.185 e. The minimum Gasteiger partial charge on any atom is -0.493 e. The van der Waals surface area contributed by atoms with Gasteiger partial charge in [-0.3, -0.25) is 4.79 Å². The third-order valence-electron chi connectivity index (χ3n) is 4.94. The van der Waals surface area contributed by atoms with E-state index in [4.69, 9.17) is 9.47 Å². The first kappa shape index (κ1) is 24.3. The topological polar surface area (TPSA) is 47.6 Å². The van der Waals surface area contributed by atoms with E-state index in [2.05, 4.69) is 25.7 Å². The Labute approximate surface area is 187 Å². The van der Waals surface area contributed by atoms with Crippen LogP contribution in [-0.4, -0.2) is 26.0 Å². The Hall–Kier alpha value is -3.01. The number of nitrogens with one attached hydrogen (secondary N) is 1. The average molecular weight is 422 g/mol. The number of carbonyl (C=O) groups excluding carboxylic acids is 1. The van der Waals surface area contributed by atoms with Crippen LogP contribution in [-0.2, 0) is 6.42 Å². The normalized spacial score (nSPS) is 10.8. The number of anilines is 1. The highest BCUT2D eigenvalue weighted by atomic mass is 16.5. The number of benzene rings is 2. The van der Waals surface area contributed by atoms with Gasteiger partial charge in [0.05, 0.1) is 13.2 Å². The summed E-state index contributed by atoms with van der Waals surface area (Å²) in [5.41, 5.74) is 3.53. The zero-order valence-electron chi connectivity index (χ0n) is 19.1. The molecule has 0 radical (unpaired) electrons. The fourth-order valence-electron chi connectivity index (χ4n) is 3.05. The molecule has 4 nitrogen and oxygen atoms in total. The predicted octanol–water partition coefficient (Wildman–Crippen LogP) is 6.71. The Morgan fingerprint density at radius 1 is 1.00 bits per heavy atom. The van der Waals surface area contributed by atoms with Gasteiger partial charge in [0.25, 0.3) is 0 Å². The van der Waals surface area contributed by atoms with Gasteiger partial charge in [-0.05, 0) is 67.3 Å². The summed E-state index contributed by atoms with van der Waals surface area (Å²) in [5.74, 6) is 1.52. The third-order valence-corrected chi connectivity index (χ3v) is 4.94. The molecule has 2 aromatic carbocycles. The van der Waals surface area contributed by atoms with Crippen molar-refractivity contribution < 1.29 is 14.3 Å². The van der Waals surface area contributed by atoms with Crippen LogP contribution in [0.25, 0.3) is 6.08 Å². The van der Waals surface area contributed by atoms with Crippen LogP contribution in [0.3, 0.4) is 0 Å². The van der Waals surface area contributed by atoms with E-state index in [1.54, 1.807) is 6.08 Å². The SMILES string of the molecule is C=CCc1cc(/C=C/C(=O)c2ccc(NC)cc2)c(OCCCC)cc1OCCCC. The van der Waals surface area contributed by atoms with Crippen molar-refractivity contribution in [3.63, 3.8) is 0 Å². The Morgan fingerprint density at radius 3 is 2.23 bits per heavy atom. The van der Waals surface area contributed by atoms with Gasteiger partial charge in [-0.2, -0.15) is 0 Å². The molecule has 2 rings (SSSR count). The zero-order valence-corrected chi connectivity index (χ0v) is 19.1. The fraction of sp³-hybridized carbons (Fsp3) is 0.370. The van der Waals surface area contributed by atoms with Crippen LogP contribution in [0.1, 0.15) is 61.0 Å². The van der Waals surface area contributed by atoms with Gasteiger partial charge >= 0.3 is 0 Å². The molecule has 31 heavy (non-hydrogen) atoms. The first-order valence-electron chi connectivity index (χ1n) is 11.2. The Kier molecular flexibility index (Phi) is 10.4. The summed E-state index contributed by atoms with van der Waals surface area (Å²) in [6, 6.07) is 11.4. The maximum atomic E-state index is 12.7. The lowest BCUT2D eigenvalue weighted by Crippen LogP contribution is -2.04. The van der Waals surface area contributed by atoms with E-state index in [0.29, 0.717) is 25.2 Å². The second-order valence-corrected chi connectivity index (χ2v) is 7.42. The first-order chi connectivity index (χ1) is 15.1. The number of hydrogen-bond acceptors (Lipinski definition) is 4. The minimum atomic E-state index is -0.0456. The highest BCUT2D eigenvalue weighted by Crippen LogP contribution is 2.31. The van der Waals surface area contributed by atoms with E-state index >= 15 is 0 Å². The number of ketones is 1. The van der Waals surface area contributed by atoms with Crippen LogP contribution in [0.5, 0.6) is 11.5 Å². The Morgan fingerprint density at radius 2 is 1.65 bits per heavy atom. The molecule has 0 saturated heterocycles. The van der Waals surface area contributed by atoms with Crippen LogP contribution in [0.2, 0.25) is 0 Å². The Balaban J connectivity index is 2.31. The molecule has 0 aliphatic heterocycles. The molecule has 0 amide bonds. The summed E-state index contributed by atoms with van der Waals surface area (Å²) in [6.45, 7) is 9.45. The van der Waals surface area contributed by atoms with Crippen molar-refractivity contribution >= 4 is 17.5 Å². The smallest absolute Gasteiger partial charge is 0.185 e. The molecule has 0 aliphatic rings. The third kappa shape index (κ3) is 7.63. The van der Waals surface area contributed by atoms with Gasteiger partial charge in [0.1, 0.15) is 11.5 Å². The van der Waals surface area contributed by atoms with E-state index in [-0.39, 0.29) is 5.78 Å². The molecule has 0 spiro atoms. The van der Waals surface area contributed by atoms with Crippen molar-refractivity contribution in [2.45, 2.75) is 46.0 Å². The molecule has 0 heterocycles. The second-order valence-electron chi connectivity index (χ2n) is 7.42. The molecule has 4 heteroatoms. The number of rotatable bonds is 14. The number of ether oxygens (including phenoxy) is 2. The van der Waals surface area contributed by atoms with Gasteiger partial charge in [0, 0.05) is 29.9 Å². The predicted molar refractivity (Wildman–Crippen MR) is 131 cm³/mol. The summed E-state index contributed by atoms with van der Waals surface area (Å²) in [4.78, 5) is 12.7. The lowest BCUT2D eigenvalue weighted by Gasteiger charge is -2.16. The molecular formula is C27H35NO3. The van der Waals surface area contributed by atoms with Crippen molar-refractivity contribution in [2.75, 3.05) is 25.6 Å². The van der Waals surface area contributed by atoms with Gasteiger partial charge in [-0.15, -0.1) is 6.58 Å². The highest BCUT2D eigenvalue weighted by molar-refractivity contribution is 6.07. The second kappa shape index (κ2) is 13.3. The van der Waals surface area contributed by atoms with Crippen molar-refractivity contribution in [2.24, 2.45) is 0 Å². The molecule has 0 atom stereocenters. The monoisotopic (exact) mass is 421 g/mol. The Bertz CT molecular complexity index is 869. The standard InChI is InChI=1S/C27H35NO3/c1-5-8-17-30-26-20-27(31-18-9-6-2)23(19-22(26)10-7-3)13-16-25(29)21-11-14-24(28-4)15-12-21/h7,11-16,19-20,28H,3,5-6,8-10,17-18H2,1-2,4H3/b16-13+. The first-order valence-corrected chi connectivity index (χ1v) is 11.2. The van der Waals surface area contributed by atoms with Crippen molar-refractivity contribution in [1.82, 2.24) is 0 Å². The minimum absolute atomic E-state index is 0.0456. The highest BCUT2D eigenvalue weighted by Gasteiger charge is 2.11. The van der Waals surface area contributed by atoms with Crippen LogP contribution in [0.15, 0.2) is 55.1 Å². The van der Waals surface area contributed by atoms with E-state index in [9.17, 15) is 4.79 Å². The summed E-state index contributed by atoms with van der Waals surface area (Å²) in [6.07, 6.45) is 10.1. The molecular weight excluding hydrogens is 386 g/mol. The van der Waals surface area contributed by atoms with Crippen LogP contribution >= 0.6 is 0 Å². The van der Waals surface area contributed by atoms with E-state index in [1.165, 1.54) is 0 Å². The lowest BCUT2D eigenvalue weighted by molar-refractivity contribution is 0.104. The molecule has 0 unspecified atom stereocenters. The van der Waals surface area contributed by atoms with Gasteiger partial charge in [0.2, 0.25) is 0 Å². The molecule has 0 bridgehead atoms. The number of hydrogen-bond donors (Lipinski definition) is 1. The molecule has 2 aromatic rings. The van der Waals surface area contributed by atoms with E-state index < -0.39 is 0 Å². The molecule has 166 valence electrons. The summed E-state index contributed by atoms with van der Waals surface area (Å²) in [5, 5.41) is 3.06. The quantitative estimate of drug-likeness (QED) is 0.159. The van der Waals surface area contributed by atoms with Crippen molar-refractivity contribution in [3.8, 4) is 11.5 Å². The summed E-state index contributed by atoms with van der Waals surface area (Å²) in [7, 11) is 1.85. The van der Waals surface area contributed by atoms with Gasteiger partial charge in [-0.25, -0.2) is 0 Å². The van der Waals surface area contributed by atoms with Gasteiger partial charge in [0.15, 0.2) is 5.78 Å². The van der Waals surface area contributed by atoms with Gasteiger partial charge < -0.3 is 14.8 Å². The zero-order chi connectivity index (χ0) is 22.5. The molecule has 0 aliphatic carbocycles. The molecule has 0 aromatic heterocycles. The number of allylic oxidation sites excluding steroid dienone is 2. The molecule has 0 fully saturated rings. The fourth-order valence-corrected chi connectivity index (χ4v) is 3.05. The van der Waals surface area contributed by atoms with Crippen LogP contribution in [0, 0.1) is 0 Å². The van der Waals surface area contributed by atoms with E-state index in [1.807, 2.05) is 55.6 Å². The molecule has 0 saturated carbocycles. The molecule has 1 N–H and O–H groups in total. The summed E-state index contributed by atoms with van der Waals surface area (Å²) < 4.78 is 12.1. The van der Waals surface area contributed by atoms with Crippen molar-refractivity contribution in [3.05, 3.63) is 71.8 Å². The number of carbonyl (C=O) groups is 1. The summed E-state index contributed by atoms with van der Waals surface area (Å²) >= 11 is 0. The van der Waals surface area contributed by atoms with Crippen LogP contribution < -0.4 is 14.8 Å². The largest absolute Gasteiger partial charge is 0.493 e. The lowest BCUT2D eigenvalue weighted by atomic mass is 10.0. The van der Waals surface area contributed by atoms with E-state index in [0.717, 1.165) is 54.0 Å². The number of unbranched alkanes of at least 4 members (excludes halogenated alkanes) is 2.